The van der Waals surface area contributed by atoms with Crippen LogP contribution in [0.15, 0.2) is 54.6 Å². The van der Waals surface area contributed by atoms with E-state index in [0.29, 0.717) is 5.92 Å². The average molecular weight is 339 g/mol. The van der Waals surface area contributed by atoms with E-state index in [1.807, 2.05) is 49.4 Å². The predicted octanol–water partition coefficient (Wildman–Crippen LogP) is 4.71. The van der Waals surface area contributed by atoms with Gasteiger partial charge < -0.3 is 10.1 Å². The van der Waals surface area contributed by atoms with Crippen molar-refractivity contribution in [2.45, 2.75) is 58.6 Å². The number of nitrogens with one attached hydrogen (secondary N) is 1. The van der Waals surface area contributed by atoms with Crippen molar-refractivity contribution in [1.29, 1.82) is 0 Å². The Morgan fingerprint density at radius 2 is 1.60 bits per heavy atom. The fraction of sp³-hybridized carbons (Fsp3) is 0.409. The Morgan fingerprint density at radius 1 is 0.960 bits per heavy atom. The van der Waals surface area contributed by atoms with E-state index in [0.717, 1.165) is 24.2 Å². The highest BCUT2D eigenvalue weighted by Crippen LogP contribution is 2.26. The highest BCUT2D eigenvalue weighted by molar-refractivity contribution is 5.81. The third kappa shape index (κ3) is 5.93. The average Bonchev–Trinajstić information content (AvgIpc) is 2.61. The monoisotopic (exact) mass is 339 g/mol. The van der Waals surface area contributed by atoms with E-state index in [4.69, 9.17) is 4.74 Å². The maximum Gasteiger partial charge on any atom is 0.260 e. The first-order valence-corrected chi connectivity index (χ1v) is 9.07. The van der Waals surface area contributed by atoms with Crippen LogP contribution in [0.2, 0.25) is 0 Å². The molecule has 0 saturated carbocycles. The highest BCUT2D eigenvalue weighted by Gasteiger charge is 2.18. The first-order valence-electron chi connectivity index (χ1n) is 9.07. The summed E-state index contributed by atoms with van der Waals surface area (Å²) in [5, 5.41) is 3.05. The van der Waals surface area contributed by atoms with E-state index >= 15 is 0 Å². The quantitative estimate of drug-likeness (QED) is 0.756. The number of hydrogen-bond acceptors (Lipinski definition) is 2. The largest absolute Gasteiger partial charge is 0.481 e. The smallest absolute Gasteiger partial charge is 0.260 e. The predicted molar refractivity (Wildman–Crippen MR) is 103 cm³/mol. The Labute approximate surface area is 151 Å². The van der Waals surface area contributed by atoms with Gasteiger partial charge in [-0.05, 0) is 49.8 Å². The molecule has 0 aliphatic heterocycles. The van der Waals surface area contributed by atoms with Gasteiger partial charge in [-0.3, -0.25) is 4.79 Å². The molecule has 2 aromatic carbocycles. The van der Waals surface area contributed by atoms with Crippen molar-refractivity contribution in [3.8, 4) is 5.75 Å². The summed E-state index contributed by atoms with van der Waals surface area (Å²) in [6, 6.07) is 18.4. The zero-order valence-corrected chi connectivity index (χ0v) is 15.7. The molecule has 2 unspecified atom stereocenters. The number of amides is 1. The van der Waals surface area contributed by atoms with Gasteiger partial charge in [-0.2, -0.15) is 0 Å². The fourth-order valence-corrected chi connectivity index (χ4v) is 2.77. The van der Waals surface area contributed by atoms with Gasteiger partial charge in [-0.15, -0.1) is 0 Å². The van der Waals surface area contributed by atoms with Crippen molar-refractivity contribution >= 4 is 5.91 Å². The van der Waals surface area contributed by atoms with Crippen LogP contribution in [0.4, 0.5) is 0 Å². The van der Waals surface area contributed by atoms with Crippen LogP contribution in [0.1, 0.15) is 51.2 Å². The molecule has 0 aliphatic rings. The topological polar surface area (TPSA) is 38.3 Å². The molecule has 134 valence electrons. The molecule has 0 heterocycles. The van der Waals surface area contributed by atoms with Crippen LogP contribution in [0.3, 0.4) is 0 Å². The number of ether oxygens (including phenoxy) is 1. The minimum absolute atomic E-state index is 0.0703. The summed E-state index contributed by atoms with van der Waals surface area (Å²) in [5.41, 5.74) is 2.41. The van der Waals surface area contributed by atoms with Crippen LogP contribution in [-0.4, -0.2) is 18.1 Å². The van der Waals surface area contributed by atoms with Crippen molar-refractivity contribution in [2.24, 2.45) is 0 Å². The van der Waals surface area contributed by atoms with Gasteiger partial charge in [0.15, 0.2) is 6.10 Å². The third-order valence-corrected chi connectivity index (χ3v) is 4.31. The maximum absolute atomic E-state index is 12.4. The molecule has 3 nitrogen and oxygen atoms in total. The molecule has 2 rings (SSSR count). The Morgan fingerprint density at radius 3 is 2.28 bits per heavy atom. The van der Waals surface area contributed by atoms with Crippen LogP contribution in [0.5, 0.6) is 5.75 Å². The Kier molecular flexibility index (Phi) is 7.05. The van der Waals surface area contributed by atoms with Crippen LogP contribution in [-0.2, 0) is 11.2 Å². The Hall–Kier alpha value is -2.29. The summed E-state index contributed by atoms with van der Waals surface area (Å²) < 4.78 is 5.92. The number of carbonyl (C=O) groups excluding carboxylic acids is 1. The van der Waals surface area contributed by atoms with Crippen molar-refractivity contribution in [3.05, 3.63) is 65.7 Å². The molecular formula is C22H29NO2. The number of carbonyl (C=O) groups is 1. The minimum Gasteiger partial charge on any atom is -0.481 e. The lowest BCUT2D eigenvalue weighted by molar-refractivity contribution is -0.127. The second-order valence-electron chi connectivity index (χ2n) is 6.89. The Bertz CT molecular complexity index is 667. The van der Waals surface area contributed by atoms with E-state index < -0.39 is 6.10 Å². The van der Waals surface area contributed by atoms with E-state index in [1.165, 1.54) is 5.56 Å². The lowest BCUT2D eigenvalue weighted by Crippen LogP contribution is -2.41. The molecule has 0 spiro atoms. The van der Waals surface area contributed by atoms with Gasteiger partial charge in [0.05, 0.1) is 0 Å². The first-order chi connectivity index (χ1) is 12.0. The molecule has 0 bridgehead atoms. The number of rotatable bonds is 8. The van der Waals surface area contributed by atoms with Gasteiger partial charge in [0.2, 0.25) is 0 Å². The fourth-order valence-electron chi connectivity index (χ4n) is 2.77. The second-order valence-corrected chi connectivity index (χ2v) is 6.89. The number of para-hydroxylation sites is 1. The molecule has 25 heavy (non-hydrogen) atoms. The van der Waals surface area contributed by atoms with Crippen molar-refractivity contribution in [3.63, 3.8) is 0 Å². The van der Waals surface area contributed by atoms with Gasteiger partial charge in [-0.1, -0.05) is 62.4 Å². The van der Waals surface area contributed by atoms with Crippen molar-refractivity contribution in [1.82, 2.24) is 5.32 Å². The van der Waals surface area contributed by atoms with E-state index in [9.17, 15) is 4.79 Å². The number of aryl methyl sites for hydroxylation is 1. The van der Waals surface area contributed by atoms with Gasteiger partial charge in [-0.25, -0.2) is 0 Å². The molecule has 3 heteroatoms. The van der Waals surface area contributed by atoms with E-state index in [-0.39, 0.29) is 11.9 Å². The third-order valence-electron chi connectivity index (χ3n) is 4.31. The summed E-state index contributed by atoms with van der Waals surface area (Å²) in [6.45, 7) is 8.09. The SMILES string of the molecule is CC(CCc1ccccc1)NC(=O)C(C)Oc1ccccc1C(C)C. The summed E-state index contributed by atoms with van der Waals surface area (Å²) in [6.07, 6.45) is 1.35. The molecule has 2 atom stereocenters. The standard InChI is InChI=1S/C22H29NO2/c1-16(2)20-12-8-9-13-21(20)25-18(4)22(24)23-17(3)14-15-19-10-6-5-7-11-19/h5-13,16-18H,14-15H2,1-4H3,(H,23,24). The first kappa shape index (κ1) is 19.0. The van der Waals surface area contributed by atoms with Crippen LogP contribution >= 0.6 is 0 Å². The normalized spacial score (nSPS) is 13.3. The molecule has 0 saturated heterocycles. The lowest BCUT2D eigenvalue weighted by Gasteiger charge is -2.21. The number of hydrogen-bond donors (Lipinski definition) is 1. The zero-order chi connectivity index (χ0) is 18.2. The minimum atomic E-state index is -0.515. The van der Waals surface area contributed by atoms with E-state index in [1.54, 1.807) is 6.92 Å². The molecule has 2 aromatic rings. The maximum atomic E-state index is 12.4. The Balaban J connectivity index is 1.85. The molecule has 1 N–H and O–H groups in total. The summed E-state index contributed by atoms with van der Waals surface area (Å²) >= 11 is 0. The van der Waals surface area contributed by atoms with Crippen LogP contribution in [0.25, 0.3) is 0 Å². The molecule has 0 fully saturated rings. The highest BCUT2D eigenvalue weighted by atomic mass is 16.5. The molecular weight excluding hydrogens is 310 g/mol. The van der Waals surface area contributed by atoms with Gasteiger partial charge in [0.1, 0.15) is 5.75 Å². The van der Waals surface area contributed by atoms with Gasteiger partial charge in [0, 0.05) is 6.04 Å². The summed E-state index contributed by atoms with van der Waals surface area (Å²) in [4.78, 5) is 12.4. The summed E-state index contributed by atoms with van der Waals surface area (Å²) in [7, 11) is 0. The molecule has 0 radical (unpaired) electrons. The molecule has 0 aliphatic carbocycles. The van der Waals surface area contributed by atoms with E-state index in [2.05, 4.69) is 31.3 Å². The van der Waals surface area contributed by atoms with Gasteiger partial charge in [0.25, 0.3) is 5.91 Å². The van der Waals surface area contributed by atoms with Crippen LogP contribution < -0.4 is 10.1 Å². The van der Waals surface area contributed by atoms with Crippen molar-refractivity contribution < 1.29 is 9.53 Å². The molecule has 1 amide bonds. The van der Waals surface area contributed by atoms with Gasteiger partial charge >= 0.3 is 0 Å². The molecule has 0 aromatic heterocycles. The second kappa shape index (κ2) is 9.26. The lowest BCUT2D eigenvalue weighted by atomic mass is 10.0. The zero-order valence-electron chi connectivity index (χ0n) is 15.7. The van der Waals surface area contributed by atoms with Crippen molar-refractivity contribution in [2.75, 3.05) is 0 Å². The summed E-state index contributed by atoms with van der Waals surface area (Å²) in [5.74, 6) is 1.08. The van der Waals surface area contributed by atoms with Crippen LogP contribution in [0, 0.1) is 0 Å². The number of benzene rings is 2.